The van der Waals surface area contributed by atoms with Gasteiger partial charge in [0, 0.05) is 24.8 Å². The molecule has 0 N–H and O–H groups in total. The van der Waals surface area contributed by atoms with Crippen LogP contribution >= 0.6 is 0 Å². The minimum Gasteiger partial charge on any atom is -0.550 e. The normalized spacial score (nSPS) is 10.3. The van der Waals surface area contributed by atoms with E-state index in [9.17, 15) is 19.8 Å². The summed E-state index contributed by atoms with van der Waals surface area (Å²) in [5.41, 5.74) is 0. The third kappa shape index (κ3) is 35.1. The van der Waals surface area contributed by atoms with Gasteiger partial charge >= 0.3 is 19.5 Å². The molecule has 0 radical (unpaired) electrons. The molecule has 0 aromatic heterocycles. The zero-order chi connectivity index (χ0) is 18.5. The van der Waals surface area contributed by atoms with Gasteiger partial charge in [-0.25, -0.2) is 0 Å². The van der Waals surface area contributed by atoms with Crippen molar-refractivity contribution in [3.63, 3.8) is 0 Å². The first kappa shape index (κ1) is 28.8. The van der Waals surface area contributed by atoms with Crippen molar-refractivity contribution in [1.82, 2.24) is 0 Å². The van der Waals surface area contributed by atoms with Gasteiger partial charge in [-0.1, -0.05) is 76.7 Å². The SMILES string of the molecule is CCCCCCC=CCC(=O)[O-].CCCCCCC=CCC(=O)[O-].[Zn+2]. The molecular weight excluding hydrogens is 370 g/mol. The molecule has 25 heavy (non-hydrogen) atoms. The van der Waals surface area contributed by atoms with Crippen LogP contribution in [0.1, 0.15) is 90.9 Å². The molecule has 0 bridgehead atoms. The second-order valence-electron chi connectivity index (χ2n) is 5.79. The average Bonchev–Trinajstić information content (AvgIpc) is 2.53. The molecule has 4 nitrogen and oxygen atoms in total. The van der Waals surface area contributed by atoms with E-state index in [2.05, 4.69) is 13.8 Å². The topological polar surface area (TPSA) is 80.3 Å². The summed E-state index contributed by atoms with van der Waals surface area (Å²) in [6.07, 6.45) is 19.1. The summed E-state index contributed by atoms with van der Waals surface area (Å²) in [5.74, 6) is -2.00. The first-order valence-corrected chi connectivity index (χ1v) is 9.24. The monoisotopic (exact) mass is 402 g/mol. The minimum atomic E-state index is -1.00. The largest absolute Gasteiger partial charge is 2.00 e. The molecule has 0 rings (SSSR count). The van der Waals surface area contributed by atoms with E-state index in [-0.39, 0.29) is 32.3 Å². The molecule has 0 aliphatic heterocycles. The molecule has 0 unspecified atom stereocenters. The van der Waals surface area contributed by atoms with Crippen molar-refractivity contribution >= 4 is 11.9 Å². The maximum atomic E-state index is 9.97. The Bertz CT molecular complexity index is 318. The quantitative estimate of drug-likeness (QED) is 0.253. The summed E-state index contributed by atoms with van der Waals surface area (Å²) >= 11 is 0. The maximum absolute atomic E-state index is 9.97. The number of unbranched alkanes of at least 4 members (excludes halogenated alkanes) is 8. The van der Waals surface area contributed by atoms with Crippen LogP contribution in [0.3, 0.4) is 0 Å². The Morgan fingerprint density at radius 3 is 1.28 bits per heavy atom. The number of allylic oxidation sites excluding steroid dienone is 2. The second kappa shape index (κ2) is 25.3. The number of carboxylic acid groups (broad SMARTS) is 2. The Kier molecular flexibility index (Phi) is 29.2. The summed E-state index contributed by atoms with van der Waals surface area (Å²) in [5, 5.41) is 19.9. The van der Waals surface area contributed by atoms with Crippen LogP contribution in [0.15, 0.2) is 24.3 Å². The fourth-order valence-electron chi connectivity index (χ4n) is 1.97. The number of rotatable bonds is 14. The summed E-state index contributed by atoms with van der Waals surface area (Å²) in [6, 6.07) is 0. The zero-order valence-electron chi connectivity index (χ0n) is 16.1. The average molecular weight is 404 g/mol. The Hall–Kier alpha value is -0.957. The molecule has 0 aliphatic carbocycles. The van der Waals surface area contributed by atoms with Gasteiger partial charge < -0.3 is 19.8 Å². The molecule has 0 saturated carbocycles. The van der Waals surface area contributed by atoms with Crippen LogP contribution in [-0.2, 0) is 29.1 Å². The van der Waals surface area contributed by atoms with E-state index >= 15 is 0 Å². The molecule has 0 spiro atoms. The summed E-state index contributed by atoms with van der Waals surface area (Å²) in [6.45, 7) is 4.35. The summed E-state index contributed by atoms with van der Waals surface area (Å²) in [4.78, 5) is 19.9. The van der Waals surface area contributed by atoms with Gasteiger partial charge in [0.1, 0.15) is 0 Å². The van der Waals surface area contributed by atoms with E-state index in [1.165, 1.54) is 38.5 Å². The third-order valence-electron chi connectivity index (χ3n) is 3.35. The van der Waals surface area contributed by atoms with Gasteiger partial charge in [-0.05, 0) is 25.7 Å². The van der Waals surface area contributed by atoms with Gasteiger partial charge in [0.25, 0.3) is 0 Å². The van der Waals surface area contributed by atoms with E-state index in [0.717, 1.165) is 25.7 Å². The Labute approximate surface area is 166 Å². The Balaban J connectivity index is -0.000000372. The van der Waals surface area contributed by atoms with Crippen LogP contribution in [0.2, 0.25) is 0 Å². The van der Waals surface area contributed by atoms with Gasteiger partial charge in [-0.3, -0.25) is 0 Å². The number of carbonyl (C=O) groups is 2. The summed E-state index contributed by atoms with van der Waals surface area (Å²) in [7, 11) is 0. The predicted octanol–water partition coefficient (Wildman–Crippen LogP) is 3.30. The smallest absolute Gasteiger partial charge is 0.550 e. The van der Waals surface area contributed by atoms with E-state index in [1.807, 2.05) is 12.2 Å². The number of carboxylic acids is 2. The zero-order valence-corrected chi connectivity index (χ0v) is 19.1. The van der Waals surface area contributed by atoms with Crippen molar-refractivity contribution in [2.75, 3.05) is 0 Å². The Morgan fingerprint density at radius 1 is 0.640 bits per heavy atom. The molecule has 0 aromatic rings. The van der Waals surface area contributed by atoms with Gasteiger partial charge in [0.05, 0.1) is 0 Å². The molecular formula is C20H34O4Zn. The molecule has 0 saturated heterocycles. The molecule has 0 amide bonds. The number of hydrogen-bond donors (Lipinski definition) is 0. The minimum absolute atomic E-state index is 0. The second-order valence-corrected chi connectivity index (χ2v) is 5.79. The first-order valence-electron chi connectivity index (χ1n) is 9.24. The molecule has 0 heterocycles. The van der Waals surface area contributed by atoms with Crippen molar-refractivity contribution in [3.8, 4) is 0 Å². The number of carbonyl (C=O) groups excluding carboxylic acids is 2. The van der Waals surface area contributed by atoms with Crippen LogP contribution in [0.25, 0.3) is 0 Å². The Morgan fingerprint density at radius 2 is 1.00 bits per heavy atom. The van der Waals surface area contributed by atoms with Crippen molar-refractivity contribution in [2.45, 2.75) is 90.9 Å². The van der Waals surface area contributed by atoms with Crippen molar-refractivity contribution in [3.05, 3.63) is 24.3 Å². The maximum Gasteiger partial charge on any atom is 2.00 e. The molecule has 0 aliphatic rings. The van der Waals surface area contributed by atoms with Crippen LogP contribution in [0.4, 0.5) is 0 Å². The van der Waals surface area contributed by atoms with Gasteiger partial charge in [0.15, 0.2) is 0 Å². The summed E-state index contributed by atoms with van der Waals surface area (Å²) < 4.78 is 0. The number of hydrogen-bond acceptors (Lipinski definition) is 4. The standard InChI is InChI=1S/2C10H18O2.Zn/c2*1-2-3-4-5-6-7-8-9-10(11)12;/h2*7-8H,2-6,9H2,1H3,(H,11,12);/q;;+2/p-2. The van der Waals surface area contributed by atoms with Crippen LogP contribution in [-0.4, -0.2) is 11.9 Å². The van der Waals surface area contributed by atoms with Crippen molar-refractivity contribution in [1.29, 1.82) is 0 Å². The predicted molar refractivity (Wildman–Crippen MR) is 95.0 cm³/mol. The molecule has 0 fully saturated rings. The van der Waals surface area contributed by atoms with E-state index in [4.69, 9.17) is 0 Å². The van der Waals surface area contributed by atoms with Gasteiger partial charge in [-0.15, -0.1) is 0 Å². The molecule has 0 aromatic carbocycles. The number of aliphatic carboxylic acids is 2. The van der Waals surface area contributed by atoms with Crippen LogP contribution < -0.4 is 10.2 Å². The van der Waals surface area contributed by atoms with Crippen LogP contribution in [0.5, 0.6) is 0 Å². The first-order chi connectivity index (χ1) is 11.5. The fraction of sp³-hybridized carbons (Fsp3) is 0.700. The van der Waals surface area contributed by atoms with Crippen molar-refractivity contribution < 1.29 is 39.3 Å². The van der Waals surface area contributed by atoms with Crippen molar-refractivity contribution in [2.24, 2.45) is 0 Å². The molecule has 140 valence electrons. The molecule has 0 atom stereocenters. The van der Waals surface area contributed by atoms with Gasteiger partial charge in [-0.2, -0.15) is 0 Å². The van der Waals surface area contributed by atoms with E-state index in [0.29, 0.717) is 0 Å². The third-order valence-corrected chi connectivity index (χ3v) is 3.35. The fourth-order valence-corrected chi connectivity index (χ4v) is 1.97. The van der Waals surface area contributed by atoms with Crippen LogP contribution in [0, 0.1) is 0 Å². The molecule has 5 heteroatoms. The van der Waals surface area contributed by atoms with E-state index in [1.54, 1.807) is 12.2 Å². The van der Waals surface area contributed by atoms with Gasteiger partial charge in [0.2, 0.25) is 0 Å². The van der Waals surface area contributed by atoms with E-state index < -0.39 is 11.9 Å².